The quantitative estimate of drug-likeness (QED) is 0.669. The average molecular weight is 312 g/mol. The second-order valence-electron chi connectivity index (χ2n) is 2.42. The molecule has 0 heterocycles. The molecule has 0 aromatic heterocycles. The molecule has 1 aliphatic rings. The zero-order valence-electron chi connectivity index (χ0n) is 5.87. The van der Waals surface area contributed by atoms with Gasteiger partial charge in [0.1, 0.15) is 0 Å². The van der Waals surface area contributed by atoms with Crippen molar-refractivity contribution < 1.29 is 21.1 Å². The number of rotatable bonds is 0. The van der Waals surface area contributed by atoms with Gasteiger partial charge < -0.3 is 0 Å². The summed E-state index contributed by atoms with van der Waals surface area (Å²) in [4.78, 5) is 0. The summed E-state index contributed by atoms with van der Waals surface area (Å²) in [6, 6.07) is 10.2. The summed E-state index contributed by atoms with van der Waals surface area (Å²) in [5.41, 5.74) is 2.45. The molecule has 1 aromatic rings. The maximum atomic E-state index is 8.55. The van der Waals surface area contributed by atoms with Crippen molar-refractivity contribution in [2.75, 3.05) is 0 Å². The first-order valence-corrected chi connectivity index (χ1v) is 3.26. The van der Waals surface area contributed by atoms with E-state index in [2.05, 4.69) is 12.1 Å². The maximum absolute atomic E-state index is 8.55. The largest absolute Gasteiger partial charge is 0.208 e. The molecule has 0 aliphatic heterocycles. The Hall–Kier alpha value is -0.732. The Balaban J connectivity index is 0.000000605. The minimum atomic E-state index is 0. The predicted molar refractivity (Wildman–Crippen MR) is 38.1 cm³/mol. The van der Waals surface area contributed by atoms with Gasteiger partial charge in [0, 0.05) is 27.1 Å². The Morgan fingerprint density at radius 2 is 2.09 bits per heavy atom. The topological polar surface area (TPSA) is 23.8 Å². The van der Waals surface area contributed by atoms with Crippen LogP contribution < -0.4 is 0 Å². The van der Waals surface area contributed by atoms with E-state index in [1.165, 1.54) is 5.56 Å². The van der Waals surface area contributed by atoms with E-state index in [4.69, 9.17) is 5.26 Å². The maximum Gasteiger partial charge on any atom is 0.0265 e. The van der Waals surface area contributed by atoms with Crippen LogP contribution in [-0.4, -0.2) is 0 Å². The van der Waals surface area contributed by atoms with Crippen LogP contribution in [-0.2, 0) is 27.5 Å². The van der Waals surface area contributed by atoms with Crippen LogP contribution >= 0.6 is 0 Å². The standard InChI is InChI=1S/C9H6N.W/c10-6-8-5-7-3-1-2-4-9(7)8;/h1-4H,5H2;/q-1;. The van der Waals surface area contributed by atoms with Crippen molar-refractivity contribution in [3.63, 3.8) is 0 Å². The van der Waals surface area contributed by atoms with Crippen molar-refractivity contribution in [3.8, 4) is 6.07 Å². The van der Waals surface area contributed by atoms with E-state index < -0.39 is 0 Å². The molecule has 0 spiro atoms. The third-order valence-corrected chi connectivity index (χ3v) is 1.84. The van der Waals surface area contributed by atoms with Gasteiger partial charge in [-0.2, -0.15) is 17.2 Å². The molecule has 0 N–H and O–H groups in total. The van der Waals surface area contributed by atoms with Gasteiger partial charge in [0.05, 0.1) is 0 Å². The summed E-state index contributed by atoms with van der Waals surface area (Å²) in [7, 11) is 0. The second-order valence-corrected chi connectivity index (χ2v) is 2.42. The number of nitrogens with zero attached hydrogens (tertiary/aromatic N) is 1. The summed E-state index contributed by atoms with van der Waals surface area (Å²) in [6.45, 7) is 0. The monoisotopic (exact) mass is 312 g/mol. The van der Waals surface area contributed by atoms with E-state index in [0.717, 1.165) is 17.9 Å². The van der Waals surface area contributed by atoms with Gasteiger partial charge in [-0.3, -0.25) is 0 Å². The molecule has 2 rings (SSSR count). The van der Waals surface area contributed by atoms with E-state index in [1.54, 1.807) is 0 Å². The van der Waals surface area contributed by atoms with Crippen LogP contribution in [0.25, 0.3) is 0 Å². The fourth-order valence-corrected chi connectivity index (χ4v) is 1.25. The number of hydrogen-bond acceptors (Lipinski definition) is 1. The first-order chi connectivity index (χ1) is 4.92. The van der Waals surface area contributed by atoms with E-state index in [1.807, 2.05) is 18.2 Å². The molecule has 1 nitrogen and oxygen atoms in total. The van der Waals surface area contributed by atoms with Crippen molar-refractivity contribution in [1.82, 2.24) is 0 Å². The Morgan fingerprint density at radius 1 is 1.36 bits per heavy atom. The smallest absolute Gasteiger partial charge is 0.0265 e. The molecular weight excluding hydrogens is 306 g/mol. The minimum absolute atomic E-state index is 0. The van der Waals surface area contributed by atoms with Crippen LogP contribution in [0.3, 0.4) is 0 Å². The molecule has 0 bridgehead atoms. The molecule has 1 aromatic carbocycles. The van der Waals surface area contributed by atoms with Gasteiger partial charge in [-0.1, -0.05) is 18.4 Å². The van der Waals surface area contributed by atoms with E-state index in [-0.39, 0.29) is 21.1 Å². The van der Waals surface area contributed by atoms with Crippen molar-refractivity contribution in [3.05, 3.63) is 41.3 Å². The fourth-order valence-electron chi connectivity index (χ4n) is 1.25. The first-order valence-electron chi connectivity index (χ1n) is 3.26. The molecule has 11 heavy (non-hydrogen) atoms. The normalized spacial score (nSPS) is 12.1. The Labute approximate surface area is 80.3 Å². The van der Waals surface area contributed by atoms with Gasteiger partial charge in [0.2, 0.25) is 0 Å². The third kappa shape index (κ3) is 1.19. The van der Waals surface area contributed by atoms with Crippen LogP contribution in [0.2, 0.25) is 0 Å². The molecule has 0 unspecified atom stereocenters. The van der Waals surface area contributed by atoms with Gasteiger partial charge in [0.25, 0.3) is 0 Å². The summed E-state index contributed by atoms with van der Waals surface area (Å²) in [5, 5.41) is 8.55. The SMILES string of the molecule is N#C[C-]1Cc2ccccc21.[W]. The molecule has 54 valence electrons. The van der Waals surface area contributed by atoms with Gasteiger partial charge in [0.15, 0.2) is 0 Å². The molecule has 0 fully saturated rings. The molecule has 2 heteroatoms. The predicted octanol–water partition coefficient (Wildman–Crippen LogP) is 1.69. The van der Waals surface area contributed by atoms with Crippen LogP contribution in [0.15, 0.2) is 24.3 Å². The van der Waals surface area contributed by atoms with Crippen molar-refractivity contribution in [2.24, 2.45) is 0 Å². The molecule has 0 saturated heterocycles. The Bertz CT molecular complexity index is 301. The number of fused-ring (bicyclic) bond motifs is 1. The third-order valence-electron chi connectivity index (χ3n) is 1.84. The number of nitriles is 1. The van der Waals surface area contributed by atoms with Crippen molar-refractivity contribution in [2.45, 2.75) is 6.42 Å². The molecule has 0 saturated carbocycles. The molecule has 0 amide bonds. The van der Waals surface area contributed by atoms with Gasteiger partial charge >= 0.3 is 0 Å². The summed E-state index contributed by atoms with van der Waals surface area (Å²) in [6.07, 6.45) is 0.868. The van der Waals surface area contributed by atoms with Crippen LogP contribution in [0.4, 0.5) is 0 Å². The molecule has 0 atom stereocenters. The van der Waals surface area contributed by atoms with Crippen LogP contribution in [0.1, 0.15) is 11.1 Å². The van der Waals surface area contributed by atoms with E-state index in [9.17, 15) is 0 Å². The van der Waals surface area contributed by atoms with Gasteiger partial charge in [-0.25, -0.2) is 5.26 Å². The van der Waals surface area contributed by atoms with Gasteiger partial charge in [-0.05, 0) is 0 Å². The first kappa shape index (κ1) is 8.37. The average Bonchev–Trinajstić information content (AvgIpc) is 1.92. The Kier molecular flexibility index (Phi) is 2.37. The zero-order chi connectivity index (χ0) is 6.97. The Morgan fingerprint density at radius 3 is 2.73 bits per heavy atom. The number of hydrogen-bond donors (Lipinski definition) is 0. The summed E-state index contributed by atoms with van der Waals surface area (Å²) < 4.78 is 0. The fraction of sp³-hybridized carbons (Fsp3) is 0.111. The molecule has 1 aliphatic carbocycles. The van der Waals surface area contributed by atoms with Crippen LogP contribution in [0, 0.1) is 17.2 Å². The minimum Gasteiger partial charge on any atom is -0.208 e. The van der Waals surface area contributed by atoms with E-state index in [0.29, 0.717) is 0 Å². The summed E-state index contributed by atoms with van der Waals surface area (Å²) >= 11 is 0. The van der Waals surface area contributed by atoms with E-state index >= 15 is 0 Å². The van der Waals surface area contributed by atoms with Crippen molar-refractivity contribution in [1.29, 1.82) is 5.26 Å². The molecular formula is C9H6NW-. The second kappa shape index (κ2) is 3.11. The summed E-state index contributed by atoms with van der Waals surface area (Å²) in [5.74, 6) is 0.926. The van der Waals surface area contributed by atoms with Crippen LogP contribution in [0.5, 0.6) is 0 Å². The van der Waals surface area contributed by atoms with Crippen molar-refractivity contribution >= 4 is 0 Å². The van der Waals surface area contributed by atoms with Gasteiger partial charge in [-0.15, -0.1) is 12.1 Å². The zero-order valence-corrected chi connectivity index (χ0v) is 8.81. The number of benzene rings is 1. The molecule has 0 radical (unpaired) electrons.